The highest BCUT2D eigenvalue weighted by Crippen LogP contribution is 2.18. The second kappa shape index (κ2) is 11.8. The molecular weight excluding hydrogens is 460 g/mol. The molecule has 3 amide bonds. The van der Waals surface area contributed by atoms with Crippen LogP contribution in [0.2, 0.25) is 0 Å². The SMILES string of the molecule is Cc1ccc(NC(=O)Cc2csc(NC(=O)CN(CC(C)C)C(=O)c3ccccc3C)n2)cc1C. The molecule has 35 heavy (non-hydrogen) atoms. The van der Waals surface area contributed by atoms with Gasteiger partial charge in [0.25, 0.3) is 5.91 Å². The number of anilines is 2. The number of hydrogen-bond acceptors (Lipinski definition) is 5. The Morgan fingerprint density at radius 2 is 1.69 bits per heavy atom. The molecule has 7 nitrogen and oxygen atoms in total. The number of rotatable bonds is 9. The number of benzene rings is 2. The number of aryl methyl sites for hydroxylation is 3. The fraction of sp³-hybridized carbons (Fsp3) is 0.333. The lowest BCUT2D eigenvalue weighted by Crippen LogP contribution is -2.40. The van der Waals surface area contributed by atoms with Crippen molar-refractivity contribution < 1.29 is 14.4 Å². The Bertz CT molecular complexity index is 1220. The van der Waals surface area contributed by atoms with Crippen LogP contribution in [0.5, 0.6) is 0 Å². The lowest BCUT2D eigenvalue weighted by Gasteiger charge is -2.24. The highest BCUT2D eigenvalue weighted by Gasteiger charge is 2.21. The van der Waals surface area contributed by atoms with Crippen LogP contribution < -0.4 is 10.6 Å². The third-order valence-electron chi connectivity index (χ3n) is 5.51. The van der Waals surface area contributed by atoms with Crippen LogP contribution >= 0.6 is 11.3 Å². The Morgan fingerprint density at radius 1 is 0.943 bits per heavy atom. The Morgan fingerprint density at radius 3 is 2.37 bits per heavy atom. The van der Waals surface area contributed by atoms with E-state index in [0.29, 0.717) is 22.9 Å². The monoisotopic (exact) mass is 492 g/mol. The summed E-state index contributed by atoms with van der Waals surface area (Å²) in [6.45, 7) is 10.3. The van der Waals surface area contributed by atoms with Gasteiger partial charge in [-0.05, 0) is 61.6 Å². The van der Waals surface area contributed by atoms with Gasteiger partial charge in [0, 0.05) is 23.2 Å². The smallest absolute Gasteiger partial charge is 0.254 e. The quantitative estimate of drug-likeness (QED) is 0.440. The summed E-state index contributed by atoms with van der Waals surface area (Å²) in [5.41, 5.74) is 5.04. The van der Waals surface area contributed by atoms with Gasteiger partial charge in [-0.1, -0.05) is 38.1 Å². The maximum Gasteiger partial charge on any atom is 0.254 e. The fourth-order valence-corrected chi connectivity index (χ4v) is 4.34. The van der Waals surface area contributed by atoms with Gasteiger partial charge in [-0.3, -0.25) is 14.4 Å². The molecule has 184 valence electrons. The van der Waals surface area contributed by atoms with Crippen LogP contribution in [0.3, 0.4) is 0 Å². The molecule has 2 aromatic carbocycles. The predicted molar refractivity (Wildman–Crippen MR) is 141 cm³/mol. The molecule has 2 N–H and O–H groups in total. The fourth-order valence-electron chi connectivity index (χ4n) is 3.61. The molecule has 0 saturated carbocycles. The van der Waals surface area contributed by atoms with E-state index in [1.807, 2.05) is 71.0 Å². The Hall–Kier alpha value is -3.52. The van der Waals surface area contributed by atoms with Crippen LogP contribution in [-0.4, -0.2) is 40.7 Å². The minimum absolute atomic E-state index is 0.0759. The van der Waals surface area contributed by atoms with Crippen molar-refractivity contribution in [1.29, 1.82) is 0 Å². The van der Waals surface area contributed by atoms with Crippen molar-refractivity contribution in [3.05, 3.63) is 75.8 Å². The first-order valence-corrected chi connectivity index (χ1v) is 12.5. The average Bonchev–Trinajstić information content (AvgIpc) is 3.21. The van der Waals surface area contributed by atoms with Crippen LogP contribution in [0.4, 0.5) is 10.8 Å². The molecule has 3 rings (SSSR count). The van der Waals surface area contributed by atoms with Gasteiger partial charge in [0.05, 0.1) is 12.1 Å². The molecule has 3 aromatic rings. The van der Waals surface area contributed by atoms with E-state index in [1.165, 1.54) is 11.3 Å². The molecule has 0 aliphatic rings. The van der Waals surface area contributed by atoms with Crippen LogP contribution in [-0.2, 0) is 16.0 Å². The van der Waals surface area contributed by atoms with Crippen molar-refractivity contribution in [3.8, 4) is 0 Å². The van der Waals surface area contributed by atoms with Gasteiger partial charge < -0.3 is 15.5 Å². The van der Waals surface area contributed by atoms with Gasteiger partial charge in [0.2, 0.25) is 11.8 Å². The molecule has 0 saturated heterocycles. The summed E-state index contributed by atoms with van der Waals surface area (Å²) in [6.07, 6.45) is 0.102. The Balaban J connectivity index is 1.59. The largest absolute Gasteiger partial charge is 0.329 e. The molecular formula is C27H32N4O3S. The minimum Gasteiger partial charge on any atom is -0.329 e. The van der Waals surface area contributed by atoms with Crippen LogP contribution in [0.15, 0.2) is 47.8 Å². The predicted octanol–water partition coefficient (Wildman–Crippen LogP) is 4.99. The maximum absolute atomic E-state index is 13.1. The van der Waals surface area contributed by atoms with Crippen molar-refractivity contribution in [3.63, 3.8) is 0 Å². The van der Waals surface area contributed by atoms with Crippen molar-refractivity contribution in [2.75, 3.05) is 23.7 Å². The molecule has 0 radical (unpaired) electrons. The van der Waals surface area contributed by atoms with E-state index in [1.54, 1.807) is 16.3 Å². The topological polar surface area (TPSA) is 91.4 Å². The highest BCUT2D eigenvalue weighted by molar-refractivity contribution is 7.13. The lowest BCUT2D eigenvalue weighted by molar-refractivity contribution is -0.117. The van der Waals surface area contributed by atoms with Crippen LogP contribution in [0, 0.1) is 26.7 Å². The molecule has 8 heteroatoms. The maximum atomic E-state index is 13.1. The summed E-state index contributed by atoms with van der Waals surface area (Å²) >= 11 is 1.25. The molecule has 0 aliphatic carbocycles. The summed E-state index contributed by atoms with van der Waals surface area (Å²) in [4.78, 5) is 44.2. The van der Waals surface area contributed by atoms with Crippen LogP contribution in [0.1, 0.15) is 46.6 Å². The van der Waals surface area contributed by atoms with Gasteiger partial charge >= 0.3 is 0 Å². The summed E-state index contributed by atoms with van der Waals surface area (Å²) in [5.74, 6) is -0.468. The number of nitrogens with one attached hydrogen (secondary N) is 2. The van der Waals surface area contributed by atoms with Gasteiger partial charge in [0.15, 0.2) is 5.13 Å². The van der Waals surface area contributed by atoms with Crippen molar-refractivity contribution in [2.24, 2.45) is 5.92 Å². The number of hydrogen-bond donors (Lipinski definition) is 2. The second-order valence-corrected chi connectivity index (χ2v) is 9.97. The molecule has 1 heterocycles. The number of aromatic nitrogens is 1. The molecule has 0 atom stereocenters. The summed E-state index contributed by atoms with van der Waals surface area (Å²) in [7, 11) is 0. The van der Waals surface area contributed by atoms with E-state index in [9.17, 15) is 14.4 Å². The highest BCUT2D eigenvalue weighted by atomic mass is 32.1. The van der Waals surface area contributed by atoms with Crippen molar-refractivity contribution in [1.82, 2.24) is 9.88 Å². The third-order valence-corrected chi connectivity index (χ3v) is 6.32. The zero-order valence-electron chi connectivity index (χ0n) is 20.8. The normalized spacial score (nSPS) is 10.8. The first kappa shape index (κ1) is 26.1. The molecule has 0 unspecified atom stereocenters. The van der Waals surface area contributed by atoms with Gasteiger partial charge in [-0.2, -0.15) is 0 Å². The molecule has 0 fully saturated rings. The van der Waals surface area contributed by atoms with Gasteiger partial charge in [-0.15, -0.1) is 11.3 Å². The first-order valence-electron chi connectivity index (χ1n) is 11.6. The van der Waals surface area contributed by atoms with Gasteiger partial charge in [-0.25, -0.2) is 4.98 Å². The van der Waals surface area contributed by atoms with E-state index in [2.05, 4.69) is 15.6 Å². The summed E-state index contributed by atoms with van der Waals surface area (Å²) < 4.78 is 0. The molecule has 0 aliphatic heterocycles. The summed E-state index contributed by atoms with van der Waals surface area (Å²) in [5, 5.41) is 7.80. The summed E-state index contributed by atoms with van der Waals surface area (Å²) in [6, 6.07) is 13.1. The number of carbonyl (C=O) groups excluding carboxylic acids is 3. The third kappa shape index (κ3) is 7.48. The zero-order valence-corrected chi connectivity index (χ0v) is 21.7. The number of nitrogens with zero attached hydrogens (tertiary/aromatic N) is 2. The lowest BCUT2D eigenvalue weighted by atomic mass is 10.1. The minimum atomic E-state index is -0.326. The number of carbonyl (C=O) groups is 3. The van der Waals surface area contributed by atoms with E-state index >= 15 is 0 Å². The second-order valence-electron chi connectivity index (χ2n) is 9.11. The van der Waals surface area contributed by atoms with Crippen molar-refractivity contribution >= 4 is 39.9 Å². The van der Waals surface area contributed by atoms with Gasteiger partial charge in [0.1, 0.15) is 6.54 Å². The average molecular weight is 493 g/mol. The Kier molecular flexibility index (Phi) is 8.76. The van der Waals surface area contributed by atoms with E-state index in [-0.39, 0.29) is 36.6 Å². The number of amides is 3. The van der Waals surface area contributed by atoms with E-state index in [0.717, 1.165) is 22.4 Å². The Labute approximate surface area is 210 Å². The van der Waals surface area contributed by atoms with E-state index < -0.39 is 0 Å². The van der Waals surface area contributed by atoms with Crippen LogP contribution in [0.25, 0.3) is 0 Å². The number of thiazole rings is 1. The van der Waals surface area contributed by atoms with Crippen molar-refractivity contribution in [2.45, 2.75) is 41.0 Å². The molecule has 1 aromatic heterocycles. The standard InChI is InChI=1S/C27H32N4O3S/c1-17(2)14-31(26(34)23-9-7-6-8-19(23)4)15-25(33)30-27-29-22(16-35-27)13-24(32)28-21-11-10-18(3)20(5)12-21/h6-12,16-17H,13-15H2,1-5H3,(H,28,32)(H,29,30,33). The first-order chi connectivity index (χ1) is 16.6. The molecule has 0 bridgehead atoms. The van der Waals surface area contributed by atoms with E-state index in [4.69, 9.17) is 0 Å². The molecule has 0 spiro atoms. The zero-order chi connectivity index (χ0) is 25.5.